The lowest BCUT2D eigenvalue weighted by atomic mass is 10.1. The lowest BCUT2D eigenvalue weighted by Gasteiger charge is -2.07. The average Bonchev–Trinajstić information content (AvgIpc) is 2.21. The fourth-order valence-corrected chi connectivity index (χ4v) is 0.902. The van der Waals surface area contributed by atoms with Gasteiger partial charge in [0, 0.05) is 9.82 Å². The molecule has 0 fully saturated rings. The van der Waals surface area contributed by atoms with Crippen LogP contribution in [0.1, 0.15) is 12.8 Å². The van der Waals surface area contributed by atoms with E-state index in [1.807, 2.05) is 0 Å². The third-order valence-corrected chi connectivity index (χ3v) is 1.67. The van der Waals surface area contributed by atoms with Gasteiger partial charge < -0.3 is 10.2 Å². The normalized spacial score (nSPS) is 12.8. The molecule has 0 rings (SSSR count). The molecule has 0 aromatic carbocycles. The van der Waals surface area contributed by atoms with E-state index in [2.05, 4.69) is 20.1 Å². The van der Waals surface area contributed by atoms with Gasteiger partial charge in [0.1, 0.15) is 12.1 Å². The van der Waals surface area contributed by atoms with Gasteiger partial charge in [-0.15, -0.1) is 0 Å². The monoisotopic (exact) mass is 228 g/mol. The van der Waals surface area contributed by atoms with Crippen molar-refractivity contribution in [2.75, 3.05) is 0 Å². The van der Waals surface area contributed by atoms with Gasteiger partial charge in [-0.2, -0.15) is 0 Å². The summed E-state index contributed by atoms with van der Waals surface area (Å²) in [7, 11) is 0. The fourth-order valence-electron chi connectivity index (χ4n) is 0.902. The third-order valence-electron chi connectivity index (χ3n) is 1.67. The molecule has 0 spiro atoms. The number of azide groups is 2. The lowest BCUT2D eigenvalue weighted by molar-refractivity contribution is -0.141. The molecule has 86 valence electrons. The quantitative estimate of drug-likeness (QED) is 0.379. The van der Waals surface area contributed by atoms with Crippen molar-refractivity contribution in [1.29, 1.82) is 0 Å². The number of aliphatic carboxylic acids is 2. The number of carbonyl (C=O) groups is 2. The molecular weight excluding hydrogens is 220 g/mol. The molecule has 0 aliphatic heterocycles. The predicted molar refractivity (Wildman–Crippen MR) is 50.4 cm³/mol. The largest absolute Gasteiger partial charge is 0.481 e. The topological polar surface area (TPSA) is 172 Å². The molecule has 0 aliphatic carbocycles. The van der Waals surface area contributed by atoms with E-state index in [1.54, 1.807) is 0 Å². The predicted octanol–water partition coefficient (Wildman–Crippen LogP) is 1.29. The maximum atomic E-state index is 10.5. The number of carboxylic acids is 2. The highest BCUT2D eigenvalue weighted by molar-refractivity contribution is 5.75. The van der Waals surface area contributed by atoms with Crippen LogP contribution >= 0.6 is 0 Å². The first-order valence-corrected chi connectivity index (χ1v) is 4.07. The van der Waals surface area contributed by atoms with Gasteiger partial charge in [-0.05, 0) is 23.9 Å². The molecule has 0 bridgehead atoms. The van der Waals surface area contributed by atoms with E-state index in [0.717, 1.165) is 0 Å². The van der Waals surface area contributed by atoms with Crippen LogP contribution in [-0.4, -0.2) is 34.2 Å². The zero-order valence-corrected chi connectivity index (χ0v) is 7.96. The minimum absolute atomic E-state index is 0.213. The van der Waals surface area contributed by atoms with Gasteiger partial charge in [0.25, 0.3) is 0 Å². The van der Waals surface area contributed by atoms with Crippen molar-refractivity contribution < 1.29 is 19.8 Å². The molecule has 2 N–H and O–H groups in total. The maximum Gasteiger partial charge on any atom is 0.312 e. The molecule has 16 heavy (non-hydrogen) atoms. The Labute approximate surface area is 88.7 Å². The smallest absolute Gasteiger partial charge is 0.312 e. The Morgan fingerprint density at radius 3 is 1.50 bits per heavy atom. The number of hydrogen-bond donors (Lipinski definition) is 2. The van der Waals surface area contributed by atoms with Gasteiger partial charge in [-0.25, -0.2) is 0 Å². The van der Waals surface area contributed by atoms with Gasteiger partial charge >= 0.3 is 11.9 Å². The second kappa shape index (κ2) is 6.93. The summed E-state index contributed by atoms with van der Waals surface area (Å²) in [4.78, 5) is 25.7. The van der Waals surface area contributed by atoms with Crippen molar-refractivity contribution in [3.63, 3.8) is 0 Å². The van der Waals surface area contributed by atoms with Crippen LogP contribution in [0.25, 0.3) is 20.9 Å². The fraction of sp³-hybridized carbons (Fsp3) is 0.667. The van der Waals surface area contributed by atoms with Crippen LogP contribution in [-0.2, 0) is 9.59 Å². The molecule has 2 atom stereocenters. The van der Waals surface area contributed by atoms with Crippen molar-refractivity contribution in [3.05, 3.63) is 20.9 Å². The van der Waals surface area contributed by atoms with Crippen LogP contribution in [0.4, 0.5) is 0 Å². The minimum atomic E-state index is -1.36. The Morgan fingerprint density at radius 1 is 1.00 bits per heavy atom. The summed E-state index contributed by atoms with van der Waals surface area (Å²) in [5.41, 5.74) is 16.1. The number of hydrogen-bond acceptors (Lipinski definition) is 4. The Morgan fingerprint density at radius 2 is 1.31 bits per heavy atom. The second-order valence-corrected chi connectivity index (χ2v) is 2.70. The molecule has 0 heterocycles. The maximum absolute atomic E-state index is 10.5. The minimum Gasteiger partial charge on any atom is -0.481 e. The molecule has 0 radical (unpaired) electrons. The number of nitrogens with zero attached hydrogens (tertiary/aromatic N) is 6. The van der Waals surface area contributed by atoms with E-state index in [4.69, 9.17) is 21.3 Å². The Bertz CT molecular complexity index is 329. The van der Waals surface area contributed by atoms with Gasteiger partial charge in [-0.1, -0.05) is 10.2 Å². The van der Waals surface area contributed by atoms with Crippen LogP contribution in [0.5, 0.6) is 0 Å². The molecule has 0 aromatic rings. The summed E-state index contributed by atoms with van der Waals surface area (Å²) in [6.45, 7) is 0. The molecule has 0 aromatic heterocycles. The summed E-state index contributed by atoms with van der Waals surface area (Å²) >= 11 is 0. The standard InChI is InChI=1S/C6H8N6O4/c7-11-9-3(5(13)14)1-2-4(6(15)16)10-12-8/h3-4H,1-2H2,(H,13,14)(H,15,16). The van der Waals surface area contributed by atoms with E-state index >= 15 is 0 Å². The van der Waals surface area contributed by atoms with Gasteiger partial charge in [0.15, 0.2) is 0 Å². The summed E-state index contributed by atoms with van der Waals surface area (Å²) in [5.74, 6) is -2.72. The van der Waals surface area contributed by atoms with E-state index < -0.39 is 24.0 Å². The van der Waals surface area contributed by atoms with Gasteiger partial charge in [-0.3, -0.25) is 9.59 Å². The summed E-state index contributed by atoms with van der Waals surface area (Å²) in [6.07, 6.45) is -0.426. The van der Waals surface area contributed by atoms with E-state index in [1.165, 1.54) is 0 Å². The van der Waals surface area contributed by atoms with Gasteiger partial charge in [0.05, 0.1) is 0 Å². The third kappa shape index (κ3) is 4.70. The van der Waals surface area contributed by atoms with Crippen molar-refractivity contribution >= 4 is 11.9 Å². The van der Waals surface area contributed by atoms with Crippen LogP contribution in [0.2, 0.25) is 0 Å². The Balaban J connectivity index is 4.48. The van der Waals surface area contributed by atoms with Crippen molar-refractivity contribution in [2.45, 2.75) is 24.9 Å². The van der Waals surface area contributed by atoms with E-state index in [-0.39, 0.29) is 12.8 Å². The number of rotatable bonds is 7. The highest BCUT2D eigenvalue weighted by atomic mass is 16.4. The molecule has 0 saturated carbocycles. The zero-order chi connectivity index (χ0) is 12.6. The van der Waals surface area contributed by atoms with Gasteiger partial charge in [0.2, 0.25) is 0 Å². The molecule has 10 nitrogen and oxygen atoms in total. The number of carboxylic acid groups (broad SMARTS) is 2. The molecular formula is C6H8N6O4. The Hall–Kier alpha value is -2.44. The molecule has 0 saturated heterocycles. The van der Waals surface area contributed by atoms with Crippen molar-refractivity contribution in [2.24, 2.45) is 10.2 Å². The molecule has 10 heteroatoms. The zero-order valence-electron chi connectivity index (χ0n) is 7.96. The van der Waals surface area contributed by atoms with Crippen LogP contribution < -0.4 is 0 Å². The van der Waals surface area contributed by atoms with E-state index in [0.29, 0.717) is 0 Å². The SMILES string of the molecule is [N-]=[N+]=NC(CCC(N=[N+]=[N-])C(=O)O)C(=O)O. The summed E-state index contributed by atoms with van der Waals surface area (Å²) < 4.78 is 0. The van der Waals surface area contributed by atoms with Crippen LogP contribution in [0.15, 0.2) is 10.2 Å². The first-order valence-electron chi connectivity index (χ1n) is 4.07. The molecule has 2 unspecified atom stereocenters. The van der Waals surface area contributed by atoms with Crippen molar-refractivity contribution in [3.8, 4) is 0 Å². The lowest BCUT2D eigenvalue weighted by Crippen LogP contribution is -2.23. The summed E-state index contributed by atoms with van der Waals surface area (Å²) in [6, 6.07) is -2.72. The second-order valence-electron chi connectivity index (χ2n) is 2.70. The first kappa shape index (κ1) is 13.6. The Kier molecular flexibility index (Phi) is 5.88. The average molecular weight is 228 g/mol. The van der Waals surface area contributed by atoms with E-state index in [9.17, 15) is 9.59 Å². The summed E-state index contributed by atoms with van der Waals surface area (Å²) in [5, 5.41) is 23.1. The highest BCUT2D eigenvalue weighted by Crippen LogP contribution is 2.09. The van der Waals surface area contributed by atoms with Crippen molar-refractivity contribution in [1.82, 2.24) is 0 Å². The molecule has 0 aliphatic rings. The van der Waals surface area contributed by atoms with Crippen LogP contribution in [0.3, 0.4) is 0 Å². The first-order chi connectivity index (χ1) is 7.52. The molecule has 0 amide bonds. The van der Waals surface area contributed by atoms with Crippen LogP contribution in [0, 0.1) is 0 Å². The highest BCUT2D eigenvalue weighted by Gasteiger charge is 2.21.